The van der Waals surface area contributed by atoms with Crippen LogP contribution >= 0.6 is 11.3 Å². The van der Waals surface area contributed by atoms with Gasteiger partial charge in [0.1, 0.15) is 11.2 Å². The Balaban J connectivity index is 1.56. The van der Waals surface area contributed by atoms with Gasteiger partial charge < -0.3 is 20.3 Å². The average Bonchev–Trinajstić information content (AvgIpc) is 3.05. The summed E-state index contributed by atoms with van der Waals surface area (Å²) in [6, 6.07) is 8.38. The Kier molecular flexibility index (Phi) is 5.02. The molecule has 1 aromatic heterocycles. The topological polar surface area (TPSA) is 70.7 Å². The largest absolute Gasteiger partial charge is 0.450 e. The molecule has 0 bridgehead atoms. The molecule has 0 radical (unpaired) electrons. The van der Waals surface area contributed by atoms with Crippen molar-refractivity contribution in [2.45, 2.75) is 52.2 Å². The minimum Gasteiger partial charge on any atom is -0.450 e. The van der Waals surface area contributed by atoms with E-state index in [1.54, 1.807) is 23.2 Å². The van der Waals surface area contributed by atoms with Crippen LogP contribution in [0.1, 0.15) is 65.8 Å². The van der Waals surface area contributed by atoms with Crippen molar-refractivity contribution in [1.82, 2.24) is 10.2 Å². The third-order valence-corrected chi connectivity index (χ3v) is 6.62. The molecule has 0 aliphatic carbocycles. The maximum absolute atomic E-state index is 12.9. The third-order valence-electron chi connectivity index (χ3n) is 5.47. The Morgan fingerprint density at radius 2 is 1.97 bits per heavy atom. The van der Waals surface area contributed by atoms with Crippen molar-refractivity contribution in [3.05, 3.63) is 51.4 Å². The van der Waals surface area contributed by atoms with Gasteiger partial charge in [0.2, 0.25) is 0 Å². The molecule has 1 aromatic carbocycles. The van der Waals surface area contributed by atoms with E-state index in [4.69, 9.17) is 4.74 Å². The van der Waals surface area contributed by atoms with Crippen LogP contribution in [-0.4, -0.2) is 30.1 Å². The first-order chi connectivity index (χ1) is 13.8. The molecular weight excluding hydrogens is 386 g/mol. The van der Waals surface area contributed by atoms with Crippen LogP contribution in [-0.2, 0) is 23.1 Å². The van der Waals surface area contributed by atoms with Crippen LogP contribution < -0.4 is 10.6 Å². The van der Waals surface area contributed by atoms with Crippen LogP contribution in [0.15, 0.2) is 24.3 Å². The summed E-state index contributed by atoms with van der Waals surface area (Å²) in [6.45, 7) is 9.79. The standard InChI is InChI=1S/C22H27N3O3S/c1-5-28-21(27)25-11-10-15-16(12-25)29-20-17(15)19(26)23-18(24-20)13-6-8-14(9-7-13)22(2,3)4/h6-9,18,24H,5,10-12H2,1-4H3,(H,23,26)/t18-/m0/s1. The molecule has 4 rings (SSSR count). The van der Waals surface area contributed by atoms with Gasteiger partial charge in [0.25, 0.3) is 5.91 Å². The number of hydrogen-bond acceptors (Lipinski definition) is 5. The van der Waals surface area contributed by atoms with E-state index in [0.717, 1.165) is 26.6 Å². The number of rotatable bonds is 2. The summed E-state index contributed by atoms with van der Waals surface area (Å²) in [5.74, 6) is -0.0502. The fraction of sp³-hybridized carbons (Fsp3) is 0.455. The van der Waals surface area contributed by atoms with Gasteiger partial charge in [-0.1, -0.05) is 45.0 Å². The van der Waals surface area contributed by atoms with Gasteiger partial charge in [0, 0.05) is 11.4 Å². The summed E-state index contributed by atoms with van der Waals surface area (Å²) >= 11 is 1.57. The van der Waals surface area contributed by atoms with E-state index in [1.165, 1.54) is 5.56 Å². The Hall–Kier alpha value is -2.54. The van der Waals surface area contributed by atoms with Gasteiger partial charge in [0.15, 0.2) is 0 Å². The van der Waals surface area contributed by atoms with Gasteiger partial charge in [-0.2, -0.15) is 0 Å². The molecule has 2 aromatic rings. The van der Waals surface area contributed by atoms with E-state index in [1.807, 2.05) is 0 Å². The highest BCUT2D eigenvalue weighted by atomic mass is 32.1. The van der Waals surface area contributed by atoms with Gasteiger partial charge in [-0.05, 0) is 35.4 Å². The van der Waals surface area contributed by atoms with Gasteiger partial charge in [-0.3, -0.25) is 4.79 Å². The molecular formula is C22H27N3O3S. The minimum absolute atomic E-state index is 0.0502. The van der Waals surface area contributed by atoms with Crippen molar-refractivity contribution in [2.24, 2.45) is 0 Å². The van der Waals surface area contributed by atoms with Crippen molar-refractivity contribution in [3.63, 3.8) is 0 Å². The molecule has 7 heteroatoms. The summed E-state index contributed by atoms with van der Waals surface area (Å²) < 4.78 is 5.12. The molecule has 0 spiro atoms. The summed E-state index contributed by atoms with van der Waals surface area (Å²) in [7, 11) is 0. The second-order valence-corrected chi connectivity index (χ2v) is 9.61. The number of ether oxygens (including phenoxy) is 1. The highest BCUT2D eigenvalue weighted by Crippen LogP contribution is 2.41. The number of anilines is 1. The number of benzene rings is 1. The Labute approximate surface area is 175 Å². The van der Waals surface area contributed by atoms with E-state index in [2.05, 4.69) is 55.7 Å². The minimum atomic E-state index is -0.293. The lowest BCUT2D eigenvalue weighted by Crippen LogP contribution is -2.39. The number of amides is 2. The average molecular weight is 414 g/mol. The first-order valence-electron chi connectivity index (χ1n) is 10.0. The van der Waals surface area contributed by atoms with Crippen LogP contribution in [0.3, 0.4) is 0 Å². The summed E-state index contributed by atoms with van der Waals surface area (Å²) in [4.78, 5) is 27.7. The molecule has 1 atom stereocenters. The van der Waals surface area contributed by atoms with Crippen LogP contribution in [0.2, 0.25) is 0 Å². The van der Waals surface area contributed by atoms with Crippen LogP contribution in [0.4, 0.5) is 9.80 Å². The highest BCUT2D eigenvalue weighted by Gasteiger charge is 2.34. The highest BCUT2D eigenvalue weighted by molar-refractivity contribution is 7.16. The molecule has 2 amide bonds. The normalized spacial score (nSPS) is 18.4. The van der Waals surface area contributed by atoms with Crippen LogP contribution in [0.25, 0.3) is 0 Å². The SMILES string of the molecule is CCOC(=O)N1CCc2c(sc3c2C(=O)N[C@H](c2ccc(C(C)(C)C)cc2)N3)C1. The second kappa shape index (κ2) is 7.37. The zero-order valence-electron chi connectivity index (χ0n) is 17.3. The molecule has 154 valence electrons. The second-order valence-electron chi connectivity index (χ2n) is 8.50. The van der Waals surface area contributed by atoms with Crippen molar-refractivity contribution >= 4 is 28.3 Å². The lowest BCUT2D eigenvalue weighted by molar-refractivity contribution is 0.0934. The van der Waals surface area contributed by atoms with E-state index < -0.39 is 0 Å². The van der Waals surface area contributed by atoms with Gasteiger partial charge in [-0.15, -0.1) is 11.3 Å². The monoisotopic (exact) mass is 413 g/mol. The van der Waals surface area contributed by atoms with Crippen molar-refractivity contribution < 1.29 is 14.3 Å². The first kappa shape index (κ1) is 19.8. The summed E-state index contributed by atoms with van der Waals surface area (Å²) in [5.41, 5.74) is 4.16. The van der Waals surface area contributed by atoms with Crippen LogP contribution in [0, 0.1) is 0 Å². The molecule has 0 fully saturated rings. The number of hydrogen-bond donors (Lipinski definition) is 2. The Morgan fingerprint density at radius 3 is 2.62 bits per heavy atom. The molecule has 29 heavy (non-hydrogen) atoms. The first-order valence-corrected chi connectivity index (χ1v) is 10.8. The smallest absolute Gasteiger partial charge is 0.410 e. The predicted octanol–water partition coefficient (Wildman–Crippen LogP) is 4.41. The molecule has 6 nitrogen and oxygen atoms in total. The zero-order valence-corrected chi connectivity index (χ0v) is 18.1. The van der Waals surface area contributed by atoms with Gasteiger partial charge in [-0.25, -0.2) is 4.79 Å². The fourth-order valence-corrected chi connectivity index (χ4v) is 5.12. The molecule has 3 heterocycles. The molecule has 0 saturated carbocycles. The lowest BCUT2D eigenvalue weighted by Gasteiger charge is -2.28. The van der Waals surface area contributed by atoms with E-state index in [9.17, 15) is 9.59 Å². The lowest BCUT2D eigenvalue weighted by atomic mass is 9.86. The summed E-state index contributed by atoms with van der Waals surface area (Å²) in [5, 5.41) is 7.45. The van der Waals surface area contributed by atoms with Crippen LogP contribution in [0.5, 0.6) is 0 Å². The Morgan fingerprint density at radius 1 is 1.24 bits per heavy atom. The number of carbonyl (C=O) groups is 2. The molecule has 0 saturated heterocycles. The molecule has 2 N–H and O–H groups in total. The van der Waals surface area contributed by atoms with E-state index in [0.29, 0.717) is 26.1 Å². The quantitative estimate of drug-likeness (QED) is 0.765. The zero-order chi connectivity index (χ0) is 20.8. The number of fused-ring (bicyclic) bond motifs is 3. The van der Waals surface area contributed by atoms with E-state index in [-0.39, 0.29) is 23.6 Å². The summed E-state index contributed by atoms with van der Waals surface area (Å²) in [6.07, 6.45) is 0.115. The number of nitrogens with one attached hydrogen (secondary N) is 2. The van der Waals surface area contributed by atoms with Gasteiger partial charge in [0.05, 0.1) is 18.7 Å². The number of nitrogens with zero attached hydrogens (tertiary/aromatic N) is 1. The maximum atomic E-state index is 12.9. The molecule has 2 aliphatic heterocycles. The molecule has 2 aliphatic rings. The van der Waals surface area contributed by atoms with Crippen molar-refractivity contribution in [2.75, 3.05) is 18.5 Å². The van der Waals surface area contributed by atoms with Crippen molar-refractivity contribution in [3.8, 4) is 0 Å². The fourth-order valence-electron chi connectivity index (χ4n) is 3.83. The molecule has 0 unspecified atom stereocenters. The Bertz CT molecular complexity index is 943. The number of carbonyl (C=O) groups excluding carboxylic acids is 2. The van der Waals surface area contributed by atoms with E-state index >= 15 is 0 Å². The number of thiophene rings is 1. The van der Waals surface area contributed by atoms with Crippen molar-refractivity contribution in [1.29, 1.82) is 0 Å². The van der Waals surface area contributed by atoms with Gasteiger partial charge >= 0.3 is 6.09 Å². The predicted molar refractivity (Wildman–Crippen MR) is 114 cm³/mol. The third kappa shape index (κ3) is 3.71. The maximum Gasteiger partial charge on any atom is 0.410 e.